The average molecular weight is 306 g/mol. The summed E-state index contributed by atoms with van der Waals surface area (Å²) in [6, 6.07) is 5.26. The lowest BCUT2D eigenvalue weighted by Crippen LogP contribution is -2.01. The van der Waals surface area contributed by atoms with Crippen molar-refractivity contribution >= 4 is 22.8 Å². The number of hydrogen-bond acceptors (Lipinski definition) is 6. The first-order valence-corrected chi connectivity index (χ1v) is 6.43. The number of nitrogens with one attached hydrogen (secondary N) is 1. The number of benzene rings is 2. The number of aliphatic imine (C=N–C) groups is 1. The first-order chi connectivity index (χ1) is 10.7. The fourth-order valence-electron chi connectivity index (χ4n) is 2.33. The number of fused-ring (bicyclic) bond motifs is 1. The van der Waals surface area contributed by atoms with Crippen LogP contribution in [-0.2, 0) is 0 Å². The van der Waals surface area contributed by atoms with Gasteiger partial charge in [0.2, 0.25) is 0 Å². The molecule has 0 atom stereocenters. The zero-order chi connectivity index (χ0) is 16.1. The second-order valence-electron chi connectivity index (χ2n) is 4.24. The van der Waals surface area contributed by atoms with Crippen molar-refractivity contribution in [1.29, 1.82) is 0 Å². The molecule has 2 N–H and O–H groups in total. The summed E-state index contributed by atoms with van der Waals surface area (Å²) in [5.41, 5.74) is 2.33. The lowest BCUT2D eigenvalue weighted by Gasteiger charge is -2.17. The molecule has 2 aromatic carbocycles. The summed E-state index contributed by atoms with van der Waals surface area (Å²) < 4.78 is 21.8. The van der Waals surface area contributed by atoms with Crippen molar-refractivity contribution in [2.45, 2.75) is 0 Å². The van der Waals surface area contributed by atoms with Crippen LogP contribution in [0, 0.1) is 0 Å². The van der Waals surface area contributed by atoms with Crippen LogP contribution >= 0.6 is 0 Å². The second-order valence-corrected chi connectivity index (χ2v) is 4.24. The fourth-order valence-corrected chi connectivity index (χ4v) is 2.33. The maximum atomic E-state index is 8.70. The molecule has 0 aromatic heterocycles. The molecule has 0 bridgehead atoms. The number of nitrogens with zero attached hydrogens (tertiary/aromatic N) is 1. The highest BCUT2D eigenvalue weighted by Gasteiger charge is 2.20. The van der Waals surface area contributed by atoms with Gasteiger partial charge in [0.15, 0.2) is 5.75 Å². The van der Waals surface area contributed by atoms with Gasteiger partial charge in [-0.2, -0.15) is 0 Å². The monoisotopic (exact) mass is 306 g/mol. The number of hydroxylamine groups is 1. The van der Waals surface area contributed by atoms with Gasteiger partial charge in [-0.25, -0.2) is 4.99 Å². The van der Waals surface area contributed by atoms with Gasteiger partial charge in [0, 0.05) is 6.07 Å². The summed E-state index contributed by atoms with van der Waals surface area (Å²) >= 11 is 0. The van der Waals surface area contributed by atoms with Crippen LogP contribution in [0.3, 0.4) is 0 Å². The molecule has 0 aliphatic rings. The molecular weight excluding hydrogens is 288 g/mol. The fraction of sp³-hybridized carbons (Fsp3) is 0.267. The first kappa shape index (κ1) is 15.7. The molecule has 0 heterocycles. The third kappa shape index (κ3) is 2.58. The Balaban J connectivity index is 2.94. The number of rotatable bonds is 6. The van der Waals surface area contributed by atoms with Gasteiger partial charge in [0.25, 0.3) is 0 Å². The Morgan fingerprint density at radius 3 is 2.00 bits per heavy atom. The molecule has 0 saturated heterocycles. The minimum absolute atomic E-state index is 0.472. The molecule has 0 spiro atoms. The first-order valence-electron chi connectivity index (χ1n) is 6.43. The van der Waals surface area contributed by atoms with E-state index in [1.54, 1.807) is 39.5 Å². The van der Waals surface area contributed by atoms with Crippen LogP contribution < -0.4 is 24.4 Å². The third-order valence-electron chi connectivity index (χ3n) is 3.23. The molecular formula is C15H18N2O5. The Kier molecular flexibility index (Phi) is 4.90. The summed E-state index contributed by atoms with van der Waals surface area (Å²) in [6.45, 7) is 0. The Morgan fingerprint density at radius 2 is 1.50 bits per heavy atom. The highest BCUT2D eigenvalue weighted by Crippen LogP contribution is 2.48. The number of methoxy groups -OCH3 is 4. The van der Waals surface area contributed by atoms with Crippen LogP contribution in [0.2, 0.25) is 0 Å². The van der Waals surface area contributed by atoms with Crippen molar-refractivity contribution in [2.24, 2.45) is 4.99 Å². The topological polar surface area (TPSA) is 81.5 Å². The van der Waals surface area contributed by atoms with Crippen molar-refractivity contribution in [2.75, 3.05) is 28.4 Å². The zero-order valence-corrected chi connectivity index (χ0v) is 12.8. The average Bonchev–Trinajstić information content (AvgIpc) is 2.57. The molecule has 22 heavy (non-hydrogen) atoms. The lowest BCUT2D eigenvalue weighted by atomic mass is 10.0. The number of ether oxygens (including phenoxy) is 4. The van der Waals surface area contributed by atoms with Gasteiger partial charge in [-0.05, 0) is 12.1 Å². The highest BCUT2D eigenvalue weighted by atomic mass is 16.5. The molecule has 0 radical (unpaired) electrons. The maximum absolute atomic E-state index is 8.70. The van der Waals surface area contributed by atoms with Gasteiger partial charge in [-0.15, -0.1) is 0 Å². The molecule has 118 valence electrons. The van der Waals surface area contributed by atoms with E-state index in [1.165, 1.54) is 7.11 Å². The van der Waals surface area contributed by atoms with Gasteiger partial charge in [0.1, 0.15) is 29.3 Å². The van der Waals surface area contributed by atoms with E-state index in [4.69, 9.17) is 24.2 Å². The van der Waals surface area contributed by atoms with Gasteiger partial charge < -0.3 is 18.9 Å². The normalized spacial score (nSPS) is 10.8. The minimum atomic E-state index is 0.472. The SMILES string of the molecule is COc1ccc(OC)c2c(OC)c(N=CNO)cc(OC)c12. The Hall–Kier alpha value is -2.67. The zero-order valence-electron chi connectivity index (χ0n) is 12.8. The van der Waals surface area contributed by atoms with E-state index in [-0.39, 0.29) is 0 Å². The van der Waals surface area contributed by atoms with Crippen molar-refractivity contribution in [3.8, 4) is 23.0 Å². The van der Waals surface area contributed by atoms with E-state index in [2.05, 4.69) is 4.99 Å². The molecule has 0 saturated carbocycles. The van der Waals surface area contributed by atoms with Crippen molar-refractivity contribution in [1.82, 2.24) is 5.48 Å². The number of hydrogen-bond donors (Lipinski definition) is 2. The standard InChI is InChI=1S/C15H18N2O5/c1-19-10-5-6-11(20-2)14-13(10)12(21-3)7-9(15(14)22-4)16-8-17-18/h5-8,18H,1-4H3,(H,16,17). The molecule has 0 amide bonds. The molecule has 0 unspecified atom stereocenters. The minimum Gasteiger partial charge on any atom is -0.496 e. The van der Waals surface area contributed by atoms with E-state index in [1.807, 2.05) is 5.48 Å². The van der Waals surface area contributed by atoms with Crippen LogP contribution in [0.25, 0.3) is 10.8 Å². The van der Waals surface area contributed by atoms with Gasteiger partial charge in [-0.3, -0.25) is 10.7 Å². The summed E-state index contributed by atoms with van der Waals surface area (Å²) in [4.78, 5) is 4.10. The molecule has 0 aliphatic heterocycles. The molecule has 0 fully saturated rings. The largest absolute Gasteiger partial charge is 0.496 e. The highest BCUT2D eigenvalue weighted by molar-refractivity contribution is 6.05. The maximum Gasteiger partial charge on any atom is 0.156 e. The predicted octanol–water partition coefficient (Wildman–Crippen LogP) is 2.51. The molecule has 7 nitrogen and oxygen atoms in total. The third-order valence-corrected chi connectivity index (χ3v) is 3.23. The van der Waals surface area contributed by atoms with Crippen LogP contribution in [0.1, 0.15) is 0 Å². The van der Waals surface area contributed by atoms with E-state index in [9.17, 15) is 0 Å². The molecule has 2 aromatic rings. The molecule has 7 heteroatoms. The molecule has 0 aliphatic carbocycles. The lowest BCUT2D eigenvalue weighted by molar-refractivity contribution is 0.240. The predicted molar refractivity (Wildman–Crippen MR) is 83.2 cm³/mol. The smallest absolute Gasteiger partial charge is 0.156 e. The van der Waals surface area contributed by atoms with E-state index in [0.29, 0.717) is 34.1 Å². The van der Waals surface area contributed by atoms with Crippen LogP contribution in [0.4, 0.5) is 5.69 Å². The van der Waals surface area contributed by atoms with Crippen LogP contribution in [0.15, 0.2) is 23.2 Å². The van der Waals surface area contributed by atoms with Gasteiger partial charge in [0.05, 0.1) is 39.2 Å². The van der Waals surface area contributed by atoms with Crippen LogP contribution in [-0.4, -0.2) is 40.0 Å². The van der Waals surface area contributed by atoms with E-state index >= 15 is 0 Å². The van der Waals surface area contributed by atoms with E-state index < -0.39 is 0 Å². The summed E-state index contributed by atoms with van der Waals surface area (Å²) in [7, 11) is 6.23. The Labute approximate surface area is 128 Å². The summed E-state index contributed by atoms with van der Waals surface area (Å²) in [6.07, 6.45) is 1.13. The summed E-state index contributed by atoms with van der Waals surface area (Å²) in [5, 5.41) is 10.1. The van der Waals surface area contributed by atoms with Gasteiger partial charge >= 0.3 is 0 Å². The van der Waals surface area contributed by atoms with E-state index in [0.717, 1.165) is 11.7 Å². The molecule has 2 rings (SSSR count). The van der Waals surface area contributed by atoms with Gasteiger partial charge in [-0.1, -0.05) is 0 Å². The Bertz CT molecular complexity index is 700. The van der Waals surface area contributed by atoms with Crippen LogP contribution in [0.5, 0.6) is 23.0 Å². The second kappa shape index (κ2) is 6.86. The van der Waals surface area contributed by atoms with Crippen molar-refractivity contribution in [3.63, 3.8) is 0 Å². The van der Waals surface area contributed by atoms with Crippen molar-refractivity contribution in [3.05, 3.63) is 18.2 Å². The quantitative estimate of drug-likeness (QED) is 0.485. The Morgan fingerprint density at radius 1 is 0.909 bits per heavy atom. The summed E-state index contributed by atoms with van der Waals surface area (Å²) in [5.74, 6) is 2.26. The van der Waals surface area contributed by atoms with Crippen molar-refractivity contribution < 1.29 is 24.2 Å².